The van der Waals surface area contributed by atoms with E-state index >= 15 is 0 Å². The zero-order valence-electron chi connectivity index (χ0n) is 9.74. The fourth-order valence-corrected chi connectivity index (χ4v) is 1.51. The molecule has 0 aromatic heterocycles. The van der Waals surface area contributed by atoms with Crippen LogP contribution in [0.5, 0.6) is 0 Å². The summed E-state index contributed by atoms with van der Waals surface area (Å²) in [4.78, 5) is 22.0. The summed E-state index contributed by atoms with van der Waals surface area (Å²) in [5.41, 5.74) is -0.539. The van der Waals surface area contributed by atoms with E-state index in [9.17, 15) is 9.59 Å². The van der Waals surface area contributed by atoms with Crippen molar-refractivity contribution in [2.24, 2.45) is 0 Å². The average Bonchev–Trinajstić information content (AvgIpc) is 2.48. The molecule has 0 aromatic rings. The first-order chi connectivity index (χ1) is 7.28. The lowest BCUT2D eigenvalue weighted by atomic mass is 10.2. The molecule has 6 nitrogen and oxygen atoms in total. The summed E-state index contributed by atoms with van der Waals surface area (Å²) in [6, 6.07) is -0.768. The van der Waals surface area contributed by atoms with Crippen LogP contribution in [0.15, 0.2) is 0 Å². The van der Waals surface area contributed by atoms with Crippen molar-refractivity contribution in [3.05, 3.63) is 0 Å². The minimum atomic E-state index is -0.895. The molecule has 6 heteroatoms. The van der Waals surface area contributed by atoms with Crippen molar-refractivity contribution < 1.29 is 19.4 Å². The highest BCUT2D eigenvalue weighted by Gasteiger charge is 2.30. The van der Waals surface area contributed by atoms with Crippen LogP contribution in [0.1, 0.15) is 27.2 Å². The van der Waals surface area contributed by atoms with Gasteiger partial charge in [-0.15, -0.1) is 0 Å². The Morgan fingerprint density at radius 1 is 1.44 bits per heavy atom. The molecule has 16 heavy (non-hydrogen) atoms. The molecular formula is C10H18N2O4. The number of nitrogens with one attached hydrogen (secondary N) is 2. The zero-order chi connectivity index (χ0) is 12.3. The van der Waals surface area contributed by atoms with E-state index in [1.54, 1.807) is 20.8 Å². The van der Waals surface area contributed by atoms with Gasteiger partial charge in [0.1, 0.15) is 11.6 Å². The highest BCUT2D eigenvalue weighted by Crippen LogP contribution is 2.10. The van der Waals surface area contributed by atoms with Gasteiger partial charge in [-0.3, -0.25) is 4.79 Å². The highest BCUT2D eigenvalue weighted by atomic mass is 16.6. The molecule has 0 saturated carbocycles. The standard InChI is InChI=1S/C10H18N2O4/c1-10(2,3)16-9(15)12-6-4-7(8(13)14)11-5-6/h6-7,11H,4-5H2,1-3H3,(H,12,15)(H,13,14)/t6-,7+/m0/s1. The van der Waals surface area contributed by atoms with Crippen LogP contribution >= 0.6 is 0 Å². The molecule has 2 atom stereocenters. The van der Waals surface area contributed by atoms with Gasteiger partial charge in [0.2, 0.25) is 0 Å². The van der Waals surface area contributed by atoms with Crippen LogP contribution in [0, 0.1) is 0 Å². The SMILES string of the molecule is CC(C)(C)OC(=O)N[C@@H]1CN[C@@H](C(=O)O)C1. The van der Waals surface area contributed by atoms with Gasteiger partial charge >= 0.3 is 12.1 Å². The van der Waals surface area contributed by atoms with Crippen LogP contribution in [0.3, 0.4) is 0 Å². The van der Waals surface area contributed by atoms with Crippen molar-refractivity contribution in [2.45, 2.75) is 44.9 Å². The van der Waals surface area contributed by atoms with Gasteiger partial charge in [0, 0.05) is 12.6 Å². The largest absolute Gasteiger partial charge is 0.480 e. The number of ether oxygens (including phenoxy) is 1. The lowest BCUT2D eigenvalue weighted by molar-refractivity contribution is -0.139. The molecule has 1 amide bonds. The van der Waals surface area contributed by atoms with Crippen molar-refractivity contribution in [1.82, 2.24) is 10.6 Å². The van der Waals surface area contributed by atoms with Gasteiger partial charge in [0.05, 0.1) is 0 Å². The van der Waals surface area contributed by atoms with Gasteiger partial charge < -0.3 is 20.5 Å². The van der Waals surface area contributed by atoms with E-state index in [0.717, 1.165) is 0 Å². The van der Waals surface area contributed by atoms with Crippen molar-refractivity contribution in [2.75, 3.05) is 6.54 Å². The monoisotopic (exact) mass is 230 g/mol. The number of carbonyl (C=O) groups excluding carboxylic acids is 1. The molecular weight excluding hydrogens is 212 g/mol. The number of hydrogen-bond acceptors (Lipinski definition) is 4. The van der Waals surface area contributed by atoms with Crippen molar-refractivity contribution in [1.29, 1.82) is 0 Å². The summed E-state index contributed by atoms with van der Waals surface area (Å²) >= 11 is 0. The fraction of sp³-hybridized carbons (Fsp3) is 0.800. The second-order valence-corrected chi connectivity index (χ2v) is 4.88. The Kier molecular flexibility index (Phi) is 3.74. The molecule has 1 aliphatic heterocycles. The van der Waals surface area contributed by atoms with E-state index in [0.29, 0.717) is 13.0 Å². The third-order valence-corrected chi connectivity index (χ3v) is 2.15. The second-order valence-electron chi connectivity index (χ2n) is 4.88. The molecule has 1 fully saturated rings. The average molecular weight is 230 g/mol. The number of carbonyl (C=O) groups is 2. The third-order valence-electron chi connectivity index (χ3n) is 2.15. The Hall–Kier alpha value is -1.30. The molecule has 1 aliphatic rings. The minimum absolute atomic E-state index is 0.184. The maximum atomic E-state index is 11.4. The van der Waals surface area contributed by atoms with Gasteiger partial charge in [0.15, 0.2) is 0 Å². The molecule has 0 bridgehead atoms. The predicted octanol–water partition coefficient (Wildman–Crippen LogP) is 0.326. The lowest BCUT2D eigenvalue weighted by Gasteiger charge is -2.21. The number of amides is 1. The summed E-state index contributed by atoms with van der Waals surface area (Å²) in [5, 5.41) is 14.2. The van der Waals surface area contributed by atoms with Crippen LogP contribution in [-0.2, 0) is 9.53 Å². The number of carboxylic acids is 1. The van der Waals surface area contributed by atoms with Gasteiger partial charge in [-0.05, 0) is 27.2 Å². The molecule has 92 valence electrons. The molecule has 1 rings (SSSR count). The number of rotatable bonds is 2. The topological polar surface area (TPSA) is 87.7 Å². The third kappa shape index (κ3) is 4.06. The van der Waals surface area contributed by atoms with Crippen LogP contribution in [0.25, 0.3) is 0 Å². The van der Waals surface area contributed by atoms with Crippen molar-refractivity contribution in [3.8, 4) is 0 Å². The normalized spacial score (nSPS) is 25.2. The molecule has 1 heterocycles. The number of hydrogen-bond donors (Lipinski definition) is 3. The number of alkyl carbamates (subject to hydrolysis) is 1. The summed E-state index contributed by atoms with van der Waals surface area (Å²) < 4.78 is 5.07. The van der Waals surface area contributed by atoms with Crippen LogP contribution in [0.4, 0.5) is 4.79 Å². The highest BCUT2D eigenvalue weighted by molar-refractivity contribution is 5.74. The van der Waals surface area contributed by atoms with Crippen LogP contribution in [-0.4, -0.2) is 41.4 Å². The van der Waals surface area contributed by atoms with E-state index < -0.39 is 23.7 Å². The zero-order valence-corrected chi connectivity index (χ0v) is 9.74. The number of carboxylic acid groups (broad SMARTS) is 1. The van der Waals surface area contributed by atoms with Crippen molar-refractivity contribution >= 4 is 12.1 Å². The molecule has 0 aliphatic carbocycles. The summed E-state index contributed by atoms with van der Waals surface area (Å²) in [7, 11) is 0. The quantitative estimate of drug-likeness (QED) is 0.636. The number of aliphatic carboxylic acids is 1. The van der Waals surface area contributed by atoms with E-state index in [-0.39, 0.29) is 6.04 Å². The molecule has 0 radical (unpaired) electrons. The second kappa shape index (κ2) is 4.69. The van der Waals surface area contributed by atoms with E-state index in [1.807, 2.05) is 0 Å². The first kappa shape index (κ1) is 12.8. The van der Waals surface area contributed by atoms with Crippen LogP contribution in [0.2, 0.25) is 0 Å². The molecule has 0 aromatic carbocycles. The Labute approximate surface area is 94.3 Å². The molecule has 0 spiro atoms. The van der Waals surface area contributed by atoms with Gasteiger partial charge in [-0.1, -0.05) is 0 Å². The van der Waals surface area contributed by atoms with Gasteiger partial charge in [0.25, 0.3) is 0 Å². The molecule has 3 N–H and O–H groups in total. The maximum absolute atomic E-state index is 11.4. The van der Waals surface area contributed by atoms with Gasteiger partial charge in [-0.25, -0.2) is 4.79 Å². The van der Waals surface area contributed by atoms with Crippen molar-refractivity contribution in [3.63, 3.8) is 0 Å². The predicted molar refractivity (Wildman–Crippen MR) is 57.2 cm³/mol. The first-order valence-corrected chi connectivity index (χ1v) is 5.23. The Bertz CT molecular complexity index is 285. The smallest absolute Gasteiger partial charge is 0.407 e. The summed E-state index contributed by atoms with van der Waals surface area (Å²) in [5.74, 6) is -0.895. The lowest BCUT2D eigenvalue weighted by Crippen LogP contribution is -2.40. The summed E-state index contributed by atoms with van der Waals surface area (Å²) in [6.07, 6.45) is -0.125. The molecule has 0 unspecified atom stereocenters. The first-order valence-electron chi connectivity index (χ1n) is 5.23. The molecule has 1 saturated heterocycles. The minimum Gasteiger partial charge on any atom is -0.480 e. The Balaban J connectivity index is 2.34. The van der Waals surface area contributed by atoms with E-state index in [2.05, 4.69) is 10.6 Å². The Morgan fingerprint density at radius 2 is 2.06 bits per heavy atom. The Morgan fingerprint density at radius 3 is 2.50 bits per heavy atom. The fourth-order valence-electron chi connectivity index (χ4n) is 1.51. The maximum Gasteiger partial charge on any atom is 0.407 e. The van der Waals surface area contributed by atoms with Crippen LogP contribution < -0.4 is 10.6 Å². The van der Waals surface area contributed by atoms with Gasteiger partial charge in [-0.2, -0.15) is 0 Å². The van der Waals surface area contributed by atoms with E-state index in [4.69, 9.17) is 9.84 Å². The summed E-state index contributed by atoms with van der Waals surface area (Å²) in [6.45, 7) is 5.79. The van der Waals surface area contributed by atoms with E-state index in [1.165, 1.54) is 0 Å².